The Balaban J connectivity index is 2.69. The molecule has 0 atom stereocenters. The van der Waals surface area contributed by atoms with E-state index in [-0.39, 0.29) is 12.2 Å². The van der Waals surface area contributed by atoms with E-state index in [4.69, 9.17) is 0 Å². The van der Waals surface area contributed by atoms with Crippen LogP contribution in [0.1, 0.15) is 6.92 Å². The summed E-state index contributed by atoms with van der Waals surface area (Å²) in [5.74, 6) is -0.455. The molecule has 0 unspecified atom stereocenters. The van der Waals surface area contributed by atoms with Crippen molar-refractivity contribution in [2.75, 3.05) is 6.61 Å². The average Bonchev–Trinajstić information content (AvgIpc) is 2.37. The van der Waals surface area contributed by atoms with Crippen LogP contribution in [0.25, 0.3) is 0 Å². The third kappa shape index (κ3) is 2.17. The highest BCUT2D eigenvalue weighted by molar-refractivity contribution is 5.68. The lowest BCUT2D eigenvalue weighted by atomic mass is 10.6. The lowest BCUT2D eigenvalue weighted by molar-refractivity contribution is -0.144. The van der Waals surface area contributed by atoms with Gasteiger partial charge in [-0.15, -0.1) is 0 Å². The van der Waals surface area contributed by atoms with Crippen molar-refractivity contribution in [3.63, 3.8) is 0 Å². The van der Waals surface area contributed by atoms with E-state index in [0.717, 1.165) is 4.68 Å². The molecule has 0 saturated carbocycles. The SMILES string of the molecule is CCOC(=O)Cn1ncn(C)c1=O. The van der Waals surface area contributed by atoms with Gasteiger partial charge in [-0.2, -0.15) is 5.10 Å². The Morgan fingerprint density at radius 1 is 1.69 bits per heavy atom. The maximum Gasteiger partial charge on any atom is 0.345 e. The van der Waals surface area contributed by atoms with Crippen LogP contribution in [-0.2, 0) is 23.1 Å². The number of aromatic nitrogens is 3. The van der Waals surface area contributed by atoms with Gasteiger partial charge in [-0.1, -0.05) is 0 Å². The quantitative estimate of drug-likeness (QED) is 0.575. The van der Waals surface area contributed by atoms with Gasteiger partial charge in [0.1, 0.15) is 12.9 Å². The summed E-state index contributed by atoms with van der Waals surface area (Å²) in [7, 11) is 1.57. The van der Waals surface area contributed by atoms with E-state index in [1.165, 1.54) is 10.9 Å². The molecule has 0 aliphatic rings. The van der Waals surface area contributed by atoms with Crippen molar-refractivity contribution in [2.24, 2.45) is 7.05 Å². The Kier molecular flexibility index (Phi) is 2.84. The van der Waals surface area contributed by atoms with E-state index in [0.29, 0.717) is 6.61 Å². The van der Waals surface area contributed by atoms with E-state index in [1.807, 2.05) is 0 Å². The first-order valence-electron chi connectivity index (χ1n) is 3.89. The van der Waals surface area contributed by atoms with E-state index in [2.05, 4.69) is 9.84 Å². The smallest absolute Gasteiger partial charge is 0.345 e. The second kappa shape index (κ2) is 3.88. The summed E-state index contributed by atoms with van der Waals surface area (Å²) in [5, 5.41) is 3.70. The number of carbonyl (C=O) groups is 1. The fraction of sp³-hybridized carbons (Fsp3) is 0.571. The highest BCUT2D eigenvalue weighted by Gasteiger charge is 2.07. The van der Waals surface area contributed by atoms with Gasteiger partial charge < -0.3 is 4.74 Å². The van der Waals surface area contributed by atoms with Gasteiger partial charge in [0.25, 0.3) is 0 Å². The minimum Gasteiger partial charge on any atom is -0.465 e. The van der Waals surface area contributed by atoms with Gasteiger partial charge in [0.2, 0.25) is 0 Å². The summed E-state index contributed by atoms with van der Waals surface area (Å²) < 4.78 is 7.01. The Morgan fingerprint density at radius 2 is 2.38 bits per heavy atom. The predicted octanol–water partition coefficient (Wildman–Crippen LogP) is -0.855. The summed E-state index contributed by atoms with van der Waals surface area (Å²) in [4.78, 5) is 22.1. The van der Waals surface area contributed by atoms with Gasteiger partial charge in [-0.05, 0) is 6.92 Å². The summed E-state index contributed by atoms with van der Waals surface area (Å²) in [6.07, 6.45) is 1.35. The minimum atomic E-state index is -0.455. The zero-order chi connectivity index (χ0) is 9.84. The number of ether oxygens (including phenoxy) is 1. The molecule has 0 bridgehead atoms. The van der Waals surface area contributed by atoms with Crippen LogP contribution in [0, 0.1) is 0 Å². The molecule has 0 spiro atoms. The van der Waals surface area contributed by atoms with Crippen LogP contribution in [0.2, 0.25) is 0 Å². The molecule has 0 amide bonds. The fourth-order valence-corrected chi connectivity index (χ4v) is 0.858. The van der Waals surface area contributed by atoms with Gasteiger partial charge in [0, 0.05) is 7.05 Å². The van der Waals surface area contributed by atoms with Crippen molar-refractivity contribution in [3.05, 3.63) is 16.8 Å². The molecule has 1 heterocycles. The standard InChI is InChI=1S/C7H11N3O3/c1-3-13-6(11)4-10-7(12)9(2)5-8-10/h5H,3-4H2,1-2H3. The first kappa shape index (κ1) is 9.50. The second-order valence-electron chi connectivity index (χ2n) is 2.49. The molecule has 0 radical (unpaired) electrons. The van der Waals surface area contributed by atoms with Crippen LogP contribution in [-0.4, -0.2) is 26.9 Å². The Hall–Kier alpha value is -1.59. The first-order chi connectivity index (χ1) is 6.15. The number of esters is 1. The first-order valence-corrected chi connectivity index (χ1v) is 3.89. The molecule has 0 fully saturated rings. The van der Waals surface area contributed by atoms with Gasteiger partial charge in [0.05, 0.1) is 6.61 Å². The molecule has 0 saturated heterocycles. The van der Waals surface area contributed by atoms with Crippen LogP contribution in [0.3, 0.4) is 0 Å². The van der Waals surface area contributed by atoms with Crippen LogP contribution in [0.15, 0.2) is 11.1 Å². The summed E-state index contributed by atoms with van der Waals surface area (Å²) in [5.41, 5.74) is -0.326. The molecule has 1 aromatic rings. The third-order valence-electron chi connectivity index (χ3n) is 1.47. The third-order valence-corrected chi connectivity index (χ3v) is 1.47. The van der Waals surface area contributed by atoms with Crippen molar-refractivity contribution in [1.82, 2.24) is 14.3 Å². The van der Waals surface area contributed by atoms with Crippen molar-refractivity contribution in [3.8, 4) is 0 Å². The number of carbonyl (C=O) groups excluding carboxylic acids is 1. The maximum absolute atomic E-state index is 11.2. The maximum atomic E-state index is 11.2. The monoisotopic (exact) mass is 185 g/mol. The number of hydrogen-bond acceptors (Lipinski definition) is 4. The Labute approximate surface area is 74.7 Å². The molecule has 0 aliphatic carbocycles. The van der Waals surface area contributed by atoms with Crippen molar-refractivity contribution in [2.45, 2.75) is 13.5 Å². The molecule has 6 nitrogen and oxygen atoms in total. The lowest BCUT2D eigenvalue weighted by Gasteiger charge is -1.99. The lowest BCUT2D eigenvalue weighted by Crippen LogP contribution is -2.27. The Morgan fingerprint density at radius 3 is 2.85 bits per heavy atom. The molecule has 6 heteroatoms. The second-order valence-corrected chi connectivity index (χ2v) is 2.49. The van der Waals surface area contributed by atoms with Crippen LogP contribution < -0.4 is 5.69 Å². The van der Waals surface area contributed by atoms with Gasteiger partial charge in [-0.25, -0.2) is 9.48 Å². The van der Waals surface area contributed by atoms with Crippen molar-refractivity contribution in [1.29, 1.82) is 0 Å². The molecule has 0 aliphatic heterocycles. The summed E-state index contributed by atoms with van der Waals surface area (Å²) in [6.45, 7) is 1.88. The number of aryl methyl sites for hydroxylation is 1. The molecule has 72 valence electrons. The van der Waals surface area contributed by atoms with E-state index in [9.17, 15) is 9.59 Å². The molecule has 0 aromatic carbocycles. The Bertz CT molecular complexity index is 352. The van der Waals surface area contributed by atoms with Crippen molar-refractivity contribution < 1.29 is 9.53 Å². The van der Waals surface area contributed by atoms with Gasteiger partial charge in [0.15, 0.2) is 0 Å². The van der Waals surface area contributed by atoms with Crippen LogP contribution in [0.5, 0.6) is 0 Å². The van der Waals surface area contributed by atoms with E-state index >= 15 is 0 Å². The highest BCUT2D eigenvalue weighted by Crippen LogP contribution is 1.82. The van der Waals surface area contributed by atoms with Crippen molar-refractivity contribution >= 4 is 5.97 Å². The molecule has 13 heavy (non-hydrogen) atoms. The van der Waals surface area contributed by atoms with E-state index < -0.39 is 5.97 Å². The average molecular weight is 185 g/mol. The number of nitrogens with zero attached hydrogens (tertiary/aromatic N) is 3. The molecular weight excluding hydrogens is 174 g/mol. The molecular formula is C7H11N3O3. The molecule has 1 aromatic heterocycles. The topological polar surface area (TPSA) is 66.1 Å². The summed E-state index contributed by atoms with van der Waals surface area (Å²) in [6, 6.07) is 0. The van der Waals surface area contributed by atoms with E-state index in [1.54, 1.807) is 14.0 Å². The molecule has 1 rings (SSSR count). The van der Waals surface area contributed by atoms with Gasteiger partial charge >= 0.3 is 11.7 Å². The van der Waals surface area contributed by atoms with Gasteiger partial charge in [-0.3, -0.25) is 9.36 Å². The highest BCUT2D eigenvalue weighted by atomic mass is 16.5. The van der Waals surface area contributed by atoms with Crippen LogP contribution >= 0.6 is 0 Å². The summed E-state index contributed by atoms with van der Waals surface area (Å²) >= 11 is 0. The fourth-order valence-electron chi connectivity index (χ4n) is 0.858. The zero-order valence-corrected chi connectivity index (χ0v) is 7.56. The number of hydrogen-bond donors (Lipinski definition) is 0. The normalized spacial score (nSPS) is 10.0. The zero-order valence-electron chi connectivity index (χ0n) is 7.56. The largest absolute Gasteiger partial charge is 0.465 e. The molecule has 0 N–H and O–H groups in total. The predicted molar refractivity (Wildman–Crippen MR) is 44.1 cm³/mol. The minimum absolute atomic E-state index is 0.131. The number of rotatable bonds is 3. The van der Waals surface area contributed by atoms with Crippen LogP contribution in [0.4, 0.5) is 0 Å².